The van der Waals surface area contributed by atoms with Crippen LogP contribution in [0.1, 0.15) is 37.6 Å². The van der Waals surface area contributed by atoms with E-state index in [1.165, 1.54) is 16.5 Å². The molecule has 2 rings (SSSR count). The first-order valence-corrected chi connectivity index (χ1v) is 5.62. The van der Waals surface area contributed by atoms with Crippen molar-refractivity contribution in [2.45, 2.75) is 40.0 Å². The van der Waals surface area contributed by atoms with E-state index in [1.807, 2.05) is 0 Å². The van der Waals surface area contributed by atoms with E-state index in [-0.39, 0.29) is 5.41 Å². The molecule has 0 spiro atoms. The lowest BCUT2D eigenvalue weighted by molar-refractivity contribution is 0.574. The van der Waals surface area contributed by atoms with Crippen molar-refractivity contribution in [3.05, 3.63) is 35.3 Å². The van der Waals surface area contributed by atoms with Crippen LogP contribution in [0, 0.1) is 13.8 Å². The first-order chi connectivity index (χ1) is 7.39. The number of hydrogen-bond acceptors (Lipinski definition) is 2. The van der Waals surface area contributed by atoms with Crippen molar-refractivity contribution < 1.29 is 0 Å². The fourth-order valence-corrected chi connectivity index (χ4v) is 1.91. The van der Waals surface area contributed by atoms with Gasteiger partial charge < -0.3 is 0 Å². The average Bonchev–Trinajstić information content (AvgIpc) is 2.17. The van der Waals surface area contributed by atoms with Crippen LogP contribution in [0.4, 0.5) is 0 Å². The van der Waals surface area contributed by atoms with Gasteiger partial charge in [-0.2, -0.15) is 0 Å². The molecule has 1 aromatic carbocycles. The van der Waals surface area contributed by atoms with E-state index in [4.69, 9.17) is 0 Å². The molecule has 0 saturated carbocycles. The number of nitrogens with zero attached hydrogens (tertiary/aromatic N) is 2. The van der Waals surface area contributed by atoms with Gasteiger partial charge in [0, 0.05) is 10.8 Å². The van der Waals surface area contributed by atoms with Gasteiger partial charge in [0.1, 0.15) is 6.33 Å². The highest BCUT2D eigenvalue weighted by Crippen LogP contribution is 2.28. The Hall–Kier alpha value is -1.44. The number of rotatable bonds is 0. The molecule has 2 heteroatoms. The number of benzene rings is 1. The van der Waals surface area contributed by atoms with E-state index >= 15 is 0 Å². The molecule has 0 radical (unpaired) electrons. The molecule has 0 N–H and O–H groups in total. The molecule has 1 heterocycles. The smallest absolute Gasteiger partial charge is 0.116 e. The molecule has 0 atom stereocenters. The van der Waals surface area contributed by atoms with Crippen LogP contribution in [0.2, 0.25) is 0 Å². The Bertz CT molecular complexity index is 536. The monoisotopic (exact) mass is 214 g/mol. The van der Waals surface area contributed by atoms with Crippen molar-refractivity contribution >= 4 is 10.9 Å². The van der Waals surface area contributed by atoms with Gasteiger partial charge in [0.05, 0.1) is 11.2 Å². The number of fused-ring (bicyclic) bond motifs is 1. The first kappa shape index (κ1) is 11.1. The van der Waals surface area contributed by atoms with E-state index in [0.29, 0.717) is 0 Å². The van der Waals surface area contributed by atoms with Gasteiger partial charge in [-0.1, -0.05) is 20.8 Å². The Labute approximate surface area is 96.7 Å². The fourth-order valence-electron chi connectivity index (χ4n) is 1.91. The predicted molar refractivity (Wildman–Crippen MR) is 67.7 cm³/mol. The van der Waals surface area contributed by atoms with Crippen molar-refractivity contribution in [1.82, 2.24) is 9.97 Å². The minimum absolute atomic E-state index is 0.0584. The summed E-state index contributed by atoms with van der Waals surface area (Å²) in [7, 11) is 0. The second kappa shape index (κ2) is 3.55. The minimum atomic E-state index is 0.0584. The average molecular weight is 214 g/mol. The summed E-state index contributed by atoms with van der Waals surface area (Å²) in [5.74, 6) is 0. The Morgan fingerprint density at radius 3 is 2.19 bits per heavy atom. The molecule has 0 fully saturated rings. The summed E-state index contributed by atoms with van der Waals surface area (Å²) in [5.41, 5.74) is 4.81. The standard InChI is InChI=1S/C14H18N2/c1-9-6-11-12(7-10(9)2)15-8-16-13(11)14(3,4)5/h6-8H,1-5H3. The lowest BCUT2D eigenvalue weighted by atomic mass is 9.88. The maximum absolute atomic E-state index is 4.44. The molecule has 2 aromatic rings. The van der Waals surface area contributed by atoms with E-state index in [9.17, 15) is 0 Å². The summed E-state index contributed by atoms with van der Waals surface area (Å²) in [6, 6.07) is 4.34. The van der Waals surface area contributed by atoms with Gasteiger partial charge in [0.2, 0.25) is 0 Å². The zero-order chi connectivity index (χ0) is 11.9. The molecule has 0 aliphatic heterocycles. The first-order valence-electron chi connectivity index (χ1n) is 5.62. The molecule has 0 amide bonds. The number of aromatic nitrogens is 2. The summed E-state index contributed by atoms with van der Waals surface area (Å²) in [6.45, 7) is 10.8. The lowest BCUT2D eigenvalue weighted by Crippen LogP contribution is -2.14. The largest absolute Gasteiger partial charge is 0.240 e. The van der Waals surface area contributed by atoms with Crippen molar-refractivity contribution in [2.75, 3.05) is 0 Å². The molecule has 0 bridgehead atoms. The Morgan fingerprint density at radius 1 is 0.938 bits per heavy atom. The molecule has 0 unspecified atom stereocenters. The molecule has 0 aliphatic carbocycles. The van der Waals surface area contributed by atoms with Gasteiger partial charge >= 0.3 is 0 Å². The second-order valence-electron chi connectivity index (χ2n) is 5.43. The van der Waals surface area contributed by atoms with Crippen LogP contribution >= 0.6 is 0 Å². The van der Waals surface area contributed by atoms with Crippen LogP contribution in [0.25, 0.3) is 10.9 Å². The molecule has 1 aromatic heterocycles. The van der Waals surface area contributed by atoms with E-state index in [1.54, 1.807) is 6.33 Å². The van der Waals surface area contributed by atoms with Crippen molar-refractivity contribution in [1.29, 1.82) is 0 Å². The van der Waals surface area contributed by atoms with Crippen LogP contribution in [0.5, 0.6) is 0 Å². The normalized spacial score (nSPS) is 12.1. The van der Waals surface area contributed by atoms with Crippen molar-refractivity contribution in [3.63, 3.8) is 0 Å². The summed E-state index contributed by atoms with van der Waals surface area (Å²) in [5, 5.41) is 1.18. The molecular formula is C14H18N2. The number of hydrogen-bond donors (Lipinski definition) is 0. The molecule has 0 aliphatic rings. The molecular weight excluding hydrogens is 196 g/mol. The minimum Gasteiger partial charge on any atom is -0.240 e. The van der Waals surface area contributed by atoms with Crippen LogP contribution in [0.15, 0.2) is 18.5 Å². The maximum atomic E-state index is 4.44. The quantitative estimate of drug-likeness (QED) is 0.670. The SMILES string of the molecule is Cc1cc2ncnc(C(C)(C)C)c2cc1C. The van der Waals surface area contributed by atoms with Crippen molar-refractivity contribution in [2.24, 2.45) is 0 Å². The van der Waals surface area contributed by atoms with Crippen LogP contribution in [-0.4, -0.2) is 9.97 Å². The van der Waals surface area contributed by atoms with Gasteiger partial charge in [0.25, 0.3) is 0 Å². The topological polar surface area (TPSA) is 25.8 Å². The Balaban J connectivity index is 2.82. The van der Waals surface area contributed by atoms with Gasteiger partial charge in [-0.05, 0) is 37.1 Å². The zero-order valence-electron chi connectivity index (χ0n) is 10.6. The van der Waals surface area contributed by atoms with Crippen LogP contribution < -0.4 is 0 Å². The van der Waals surface area contributed by atoms with Crippen LogP contribution in [0.3, 0.4) is 0 Å². The van der Waals surface area contributed by atoms with E-state index in [2.05, 4.69) is 56.7 Å². The highest BCUT2D eigenvalue weighted by Gasteiger charge is 2.19. The van der Waals surface area contributed by atoms with Gasteiger partial charge in [-0.15, -0.1) is 0 Å². The molecule has 2 nitrogen and oxygen atoms in total. The summed E-state index contributed by atoms with van der Waals surface area (Å²) in [4.78, 5) is 8.78. The van der Waals surface area contributed by atoms with E-state index < -0.39 is 0 Å². The summed E-state index contributed by atoms with van der Waals surface area (Å²) in [6.07, 6.45) is 1.66. The maximum Gasteiger partial charge on any atom is 0.116 e. The zero-order valence-corrected chi connectivity index (χ0v) is 10.6. The summed E-state index contributed by atoms with van der Waals surface area (Å²) >= 11 is 0. The highest BCUT2D eigenvalue weighted by atomic mass is 14.8. The third-order valence-electron chi connectivity index (χ3n) is 2.96. The third-order valence-corrected chi connectivity index (χ3v) is 2.96. The van der Waals surface area contributed by atoms with Gasteiger partial charge in [-0.3, -0.25) is 0 Å². The third kappa shape index (κ3) is 1.80. The second-order valence-corrected chi connectivity index (χ2v) is 5.43. The summed E-state index contributed by atoms with van der Waals surface area (Å²) < 4.78 is 0. The Morgan fingerprint density at radius 2 is 1.56 bits per heavy atom. The fraction of sp³-hybridized carbons (Fsp3) is 0.429. The predicted octanol–water partition coefficient (Wildman–Crippen LogP) is 3.54. The van der Waals surface area contributed by atoms with Gasteiger partial charge in [-0.25, -0.2) is 9.97 Å². The molecule has 16 heavy (non-hydrogen) atoms. The molecule has 84 valence electrons. The molecule has 0 saturated heterocycles. The van der Waals surface area contributed by atoms with Crippen LogP contribution in [-0.2, 0) is 5.41 Å². The Kier molecular flexibility index (Phi) is 2.45. The van der Waals surface area contributed by atoms with E-state index in [0.717, 1.165) is 11.2 Å². The lowest BCUT2D eigenvalue weighted by Gasteiger charge is -2.19. The van der Waals surface area contributed by atoms with Gasteiger partial charge in [0.15, 0.2) is 0 Å². The van der Waals surface area contributed by atoms with Crippen molar-refractivity contribution in [3.8, 4) is 0 Å². The highest BCUT2D eigenvalue weighted by molar-refractivity contribution is 5.83. The number of aryl methyl sites for hydroxylation is 2.